The summed E-state index contributed by atoms with van der Waals surface area (Å²) >= 11 is 1.48. The summed E-state index contributed by atoms with van der Waals surface area (Å²) in [6, 6.07) is 14.0. The average Bonchev–Trinajstić information content (AvgIpc) is 3.40. The molecule has 0 radical (unpaired) electrons. The van der Waals surface area contributed by atoms with Gasteiger partial charge in [0.25, 0.3) is 5.78 Å². The third-order valence-corrected chi connectivity index (χ3v) is 6.03. The molecule has 5 rings (SSSR count). The second-order valence-corrected chi connectivity index (χ2v) is 8.22. The quantitative estimate of drug-likeness (QED) is 0.279. The summed E-state index contributed by atoms with van der Waals surface area (Å²) < 4.78 is 21.4. The highest BCUT2D eigenvalue weighted by atomic mass is 32.2. The summed E-state index contributed by atoms with van der Waals surface area (Å²) in [6.07, 6.45) is -0.0923. The number of benzene rings is 2. The van der Waals surface area contributed by atoms with Crippen molar-refractivity contribution in [3.05, 3.63) is 71.2 Å². The monoisotopic (exact) mass is 463 g/mol. The van der Waals surface area contributed by atoms with Crippen LogP contribution in [0.5, 0.6) is 0 Å². The Hall–Kier alpha value is -3.86. The summed E-state index contributed by atoms with van der Waals surface area (Å²) in [4.78, 5) is 16.4. The van der Waals surface area contributed by atoms with Crippen molar-refractivity contribution in [3.8, 4) is 5.69 Å². The predicted octanol–water partition coefficient (Wildman–Crippen LogP) is 3.31. The van der Waals surface area contributed by atoms with Crippen LogP contribution in [0, 0.1) is 12.7 Å². The molecule has 3 heterocycles. The van der Waals surface area contributed by atoms with Crippen LogP contribution in [0.1, 0.15) is 16.8 Å². The first-order chi connectivity index (χ1) is 16.0. The fourth-order valence-electron chi connectivity index (χ4n) is 3.39. The second-order valence-electron chi connectivity index (χ2n) is 7.28. The molecule has 0 bridgehead atoms. The number of thioether (sulfide) groups is 1. The number of carbonyl (C=O) groups excluding carboxylic acids is 1. The molecule has 0 aliphatic heterocycles. The first-order valence-electron chi connectivity index (χ1n) is 10.0. The van der Waals surface area contributed by atoms with Gasteiger partial charge in [-0.25, -0.2) is 9.07 Å². The lowest BCUT2D eigenvalue weighted by Gasteiger charge is -2.03. The van der Waals surface area contributed by atoms with Gasteiger partial charge in [0.2, 0.25) is 5.16 Å². The zero-order valence-electron chi connectivity index (χ0n) is 17.8. The minimum atomic E-state index is -0.462. The summed E-state index contributed by atoms with van der Waals surface area (Å²) in [5.74, 6) is 0.161. The van der Waals surface area contributed by atoms with E-state index in [-0.39, 0.29) is 12.2 Å². The molecule has 33 heavy (non-hydrogen) atoms. The Kier molecular flexibility index (Phi) is 5.47. The van der Waals surface area contributed by atoms with Crippen molar-refractivity contribution in [2.75, 3.05) is 7.11 Å². The van der Waals surface area contributed by atoms with E-state index in [2.05, 4.69) is 44.4 Å². The van der Waals surface area contributed by atoms with E-state index in [1.165, 1.54) is 42.1 Å². The summed E-state index contributed by atoms with van der Waals surface area (Å²) in [7, 11) is 1.31. The van der Waals surface area contributed by atoms with Gasteiger partial charge in [0, 0.05) is 5.75 Å². The summed E-state index contributed by atoms with van der Waals surface area (Å²) in [5.41, 5.74) is 4.20. The molecule has 5 aromatic rings. The van der Waals surface area contributed by atoms with Crippen molar-refractivity contribution in [2.24, 2.45) is 0 Å². The molecule has 0 unspecified atom stereocenters. The first-order valence-corrected chi connectivity index (χ1v) is 11.0. The van der Waals surface area contributed by atoms with Gasteiger partial charge in [-0.3, -0.25) is 4.79 Å². The number of esters is 1. The van der Waals surface area contributed by atoms with E-state index in [9.17, 15) is 9.18 Å². The van der Waals surface area contributed by atoms with Gasteiger partial charge < -0.3 is 4.74 Å². The third-order valence-electron chi connectivity index (χ3n) is 5.15. The van der Waals surface area contributed by atoms with Crippen LogP contribution in [0.25, 0.3) is 22.6 Å². The van der Waals surface area contributed by atoms with E-state index >= 15 is 0 Å². The van der Waals surface area contributed by atoms with Crippen molar-refractivity contribution < 1.29 is 13.9 Å². The Morgan fingerprint density at radius 3 is 2.64 bits per heavy atom. The van der Waals surface area contributed by atoms with Crippen LogP contribution < -0.4 is 0 Å². The number of methoxy groups -OCH3 is 1. The maximum absolute atomic E-state index is 13.5. The number of rotatable bonds is 6. The molecule has 0 aliphatic rings. The SMILES string of the molecule is COC(=O)Cc1nn(-c2ccc(F)cc2)c2c1nnc1nc(SCc3ccccc3C)nn12. The van der Waals surface area contributed by atoms with Crippen LogP contribution in [-0.4, -0.2) is 47.7 Å². The number of aromatic nitrogens is 7. The van der Waals surface area contributed by atoms with E-state index < -0.39 is 5.97 Å². The van der Waals surface area contributed by atoms with Crippen LogP contribution in [0.4, 0.5) is 4.39 Å². The highest BCUT2D eigenvalue weighted by Crippen LogP contribution is 2.25. The van der Waals surface area contributed by atoms with Crippen molar-refractivity contribution in [1.82, 2.24) is 34.6 Å². The average molecular weight is 463 g/mol. The fraction of sp³-hybridized carbons (Fsp3) is 0.182. The number of ether oxygens (including phenoxy) is 1. The molecular weight excluding hydrogens is 445 g/mol. The summed E-state index contributed by atoms with van der Waals surface area (Å²) in [6.45, 7) is 2.06. The minimum Gasteiger partial charge on any atom is -0.469 e. The molecule has 3 aromatic heterocycles. The second kappa shape index (κ2) is 8.58. The smallest absolute Gasteiger partial charge is 0.311 e. The van der Waals surface area contributed by atoms with Gasteiger partial charge in [-0.1, -0.05) is 36.0 Å². The number of aryl methyl sites for hydroxylation is 1. The predicted molar refractivity (Wildman–Crippen MR) is 120 cm³/mol. The van der Waals surface area contributed by atoms with Gasteiger partial charge in [-0.2, -0.15) is 14.6 Å². The molecule has 9 nitrogen and oxygen atoms in total. The van der Waals surface area contributed by atoms with E-state index in [1.807, 2.05) is 12.1 Å². The van der Waals surface area contributed by atoms with Crippen molar-refractivity contribution in [3.63, 3.8) is 0 Å². The van der Waals surface area contributed by atoms with E-state index in [0.29, 0.717) is 39.2 Å². The van der Waals surface area contributed by atoms with Gasteiger partial charge in [0.1, 0.15) is 11.5 Å². The molecule has 0 saturated carbocycles. The molecule has 2 aromatic carbocycles. The zero-order valence-corrected chi connectivity index (χ0v) is 18.6. The molecule has 0 saturated heterocycles. The number of fused-ring (bicyclic) bond motifs is 3. The highest BCUT2D eigenvalue weighted by molar-refractivity contribution is 7.98. The highest BCUT2D eigenvalue weighted by Gasteiger charge is 2.22. The Bertz CT molecular complexity index is 1480. The van der Waals surface area contributed by atoms with Gasteiger partial charge in [-0.05, 0) is 42.3 Å². The number of halogens is 1. The number of carbonyl (C=O) groups is 1. The Morgan fingerprint density at radius 1 is 1.09 bits per heavy atom. The van der Waals surface area contributed by atoms with Crippen molar-refractivity contribution >= 4 is 34.7 Å². The van der Waals surface area contributed by atoms with E-state index in [1.54, 1.807) is 21.3 Å². The van der Waals surface area contributed by atoms with Crippen LogP contribution in [0.15, 0.2) is 53.7 Å². The Morgan fingerprint density at radius 2 is 1.88 bits per heavy atom. The Labute approximate surface area is 191 Å². The fourth-order valence-corrected chi connectivity index (χ4v) is 4.28. The largest absolute Gasteiger partial charge is 0.469 e. The molecule has 0 N–H and O–H groups in total. The summed E-state index contributed by atoms with van der Waals surface area (Å²) in [5, 5.41) is 18.1. The standard InChI is InChI=1S/C22H18FN7O2S/c1-13-5-3-4-6-14(13)12-33-22-24-21-26-25-19-17(11-18(31)32-2)27-29(20(19)30(21)28-22)16-9-7-15(23)8-10-16/h3-10H,11-12H2,1-2H3. The number of hydrogen-bond donors (Lipinski definition) is 0. The molecule has 0 aliphatic carbocycles. The number of hydrogen-bond acceptors (Lipinski definition) is 8. The van der Waals surface area contributed by atoms with Crippen LogP contribution in [0.3, 0.4) is 0 Å². The van der Waals surface area contributed by atoms with Crippen LogP contribution in [-0.2, 0) is 21.7 Å². The van der Waals surface area contributed by atoms with Gasteiger partial charge >= 0.3 is 5.97 Å². The lowest BCUT2D eigenvalue weighted by atomic mass is 10.1. The van der Waals surface area contributed by atoms with Crippen molar-refractivity contribution in [2.45, 2.75) is 24.3 Å². The zero-order chi connectivity index (χ0) is 22.9. The topological polar surface area (TPSA) is 100 Å². The lowest BCUT2D eigenvalue weighted by Crippen LogP contribution is -2.06. The molecule has 0 fully saturated rings. The van der Waals surface area contributed by atoms with Crippen molar-refractivity contribution in [1.29, 1.82) is 0 Å². The maximum atomic E-state index is 13.5. The maximum Gasteiger partial charge on any atom is 0.311 e. The van der Waals surface area contributed by atoms with Crippen LogP contribution >= 0.6 is 11.8 Å². The van der Waals surface area contributed by atoms with E-state index in [0.717, 1.165) is 0 Å². The Balaban J connectivity index is 1.61. The first kappa shape index (κ1) is 21.0. The third kappa shape index (κ3) is 4.02. The number of nitrogens with zero attached hydrogens (tertiary/aromatic N) is 7. The molecule has 0 spiro atoms. The normalized spacial score (nSPS) is 11.4. The van der Waals surface area contributed by atoms with Gasteiger partial charge in [-0.15, -0.1) is 15.3 Å². The molecule has 166 valence electrons. The van der Waals surface area contributed by atoms with Gasteiger partial charge in [0.15, 0.2) is 11.2 Å². The molecule has 0 amide bonds. The minimum absolute atomic E-state index is 0.0923. The lowest BCUT2D eigenvalue weighted by molar-refractivity contribution is -0.139. The molecular formula is C22H18FN7O2S. The van der Waals surface area contributed by atoms with Gasteiger partial charge in [0.05, 0.1) is 19.2 Å². The van der Waals surface area contributed by atoms with E-state index in [4.69, 9.17) is 4.74 Å². The molecule has 0 atom stereocenters. The van der Waals surface area contributed by atoms with Crippen LogP contribution in [0.2, 0.25) is 0 Å². The molecule has 11 heteroatoms.